The molecule has 1 atom stereocenters. The molecule has 3 nitrogen and oxygen atoms in total. The number of benzene rings is 1. The normalized spacial score (nSPS) is 12.5. The van der Waals surface area contributed by atoms with Crippen molar-refractivity contribution in [2.45, 2.75) is 52.9 Å². The van der Waals surface area contributed by atoms with Gasteiger partial charge in [0.05, 0.1) is 12.7 Å². The molecule has 0 bridgehead atoms. The minimum absolute atomic E-state index is 0.0133. The van der Waals surface area contributed by atoms with Gasteiger partial charge in [-0.25, -0.2) is 0 Å². The highest BCUT2D eigenvalue weighted by molar-refractivity contribution is 5.94. The molecule has 0 heterocycles. The third-order valence-electron chi connectivity index (χ3n) is 2.79. The highest BCUT2D eigenvalue weighted by Crippen LogP contribution is 2.07. The Morgan fingerprint density at radius 2 is 1.83 bits per heavy atom. The number of nitrogens with one attached hydrogen (secondary N) is 1. The van der Waals surface area contributed by atoms with E-state index in [1.165, 1.54) is 0 Å². The summed E-state index contributed by atoms with van der Waals surface area (Å²) in [6.07, 6.45) is 1.16. The quantitative estimate of drug-likeness (QED) is 0.841. The van der Waals surface area contributed by atoms with E-state index in [-0.39, 0.29) is 18.1 Å². The Labute approximate surface area is 110 Å². The molecule has 0 radical (unpaired) electrons. The molecule has 18 heavy (non-hydrogen) atoms. The number of carbonyl (C=O) groups is 1. The van der Waals surface area contributed by atoms with Crippen LogP contribution in [0.25, 0.3) is 0 Å². The Kier molecular flexibility index (Phi) is 5.86. The predicted molar refractivity (Wildman–Crippen MR) is 73.6 cm³/mol. The largest absolute Gasteiger partial charge is 0.374 e. The molecule has 1 amide bonds. The summed E-state index contributed by atoms with van der Waals surface area (Å²) >= 11 is 0. The lowest BCUT2D eigenvalue weighted by molar-refractivity contribution is 0.0656. The van der Waals surface area contributed by atoms with Gasteiger partial charge in [-0.1, -0.05) is 19.1 Å². The zero-order chi connectivity index (χ0) is 13.5. The molecular weight excluding hydrogens is 226 g/mol. The molecule has 0 spiro atoms. The Bertz CT molecular complexity index is 371. The number of ether oxygens (including phenoxy) is 1. The molecule has 0 aliphatic rings. The predicted octanol–water partition coefficient (Wildman–Crippen LogP) is 3.14. The van der Waals surface area contributed by atoms with E-state index < -0.39 is 0 Å². The third-order valence-corrected chi connectivity index (χ3v) is 2.79. The number of hydrogen-bond donors (Lipinski definition) is 1. The van der Waals surface area contributed by atoms with Crippen molar-refractivity contribution in [1.29, 1.82) is 0 Å². The molecule has 1 N–H and O–H groups in total. The van der Waals surface area contributed by atoms with Crippen LogP contribution >= 0.6 is 0 Å². The minimum atomic E-state index is -0.0133. The van der Waals surface area contributed by atoms with E-state index >= 15 is 0 Å². The van der Waals surface area contributed by atoms with Crippen molar-refractivity contribution in [2.24, 2.45) is 0 Å². The van der Waals surface area contributed by atoms with Gasteiger partial charge in [-0.2, -0.15) is 0 Å². The van der Waals surface area contributed by atoms with E-state index in [1.807, 2.05) is 45.0 Å². The van der Waals surface area contributed by atoms with Gasteiger partial charge >= 0.3 is 0 Å². The monoisotopic (exact) mass is 249 g/mol. The van der Waals surface area contributed by atoms with Crippen molar-refractivity contribution < 1.29 is 9.53 Å². The van der Waals surface area contributed by atoms with Gasteiger partial charge in [-0.05, 0) is 44.9 Å². The summed E-state index contributed by atoms with van der Waals surface area (Å²) in [6.45, 7) is 8.66. The molecule has 3 heteroatoms. The lowest BCUT2D eigenvalue weighted by atomic mass is 10.1. The molecule has 0 aliphatic carbocycles. The van der Waals surface area contributed by atoms with Crippen LogP contribution in [0.15, 0.2) is 24.3 Å². The van der Waals surface area contributed by atoms with Gasteiger partial charge < -0.3 is 10.1 Å². The zero-order valence-corrected chi connectivity index (χ0v) is 11.7. The molecule has 1 rings (SSSR count). The molecule has 0 aliphatic heterocycles. The van der Waals surface area contributed by atoms with Gasteiger partial charge in [0.1, 0.15) is 0 Å². The zero-order valence-electron chi connectivity index (χ0n) is 11.7. The molecule has 0 fully saturated rings. The maximum absolute atomic E-state index is 11.8. The summed E-state index contributed by atoms with van der Waals surface area (Å²) in [6, 6.07) is 7.77. The first-order valence-corrected chi connectivity index (χ1v) is 6.54. The van der Waals surface area contributed by atoms with Crippen molar-refractivity contribution in [2.75, 3.05) is 0 Å². The van der Waals surface area contributed by atoms with E-state index in [0.717, 1.165) is 12.0 Å². The molecule has 1 unspecified atom stereocenters. The highest BCUT2D eigenvalue weighted by Gasteiger charge is 2.08. The number of rotatable bonds is 6. The first-order chi connectivity index (χ1) is 8.52. The molecule has 0 saturated heterocycles. The summed E-state index contributed by atoms with van der Waals surface area (Å²) in [5, 5.41) is 2.95. The van der Waals surface area contributed by atoms with Crippen molar-refractivity contribution in [3.63, 3.8) is 0 Å². The fourth-order valence-corrected chi connectivity index (χ4v) is 1.42. The molecule has 100 valence electrons. The van der Waals surface area contributed by atoms with Crippen LogP contribution in [0.3, 0.4) is 0 Å². The van der Waals surface area contributed by atoms with E-state index in [9.17, 15) is 4.79 Å². The standard InChI is InChI=1S/C15H23NO2/c1-5-12(4)16-15(17)14-8-6-13(7-9-14)10-18-11(2)3/h6-9,11-12H,5,10H2,1-4H3,(H,16,17). The van der Waals surface area contributed by atoms with E-state index in [4.69, 9.17) is 4.74 Å². The second kappa shape index (κ2) is 7.17. The van der Waals surface area contributed by atoms with E-state index in [0.29, 0.717) is 12.2 Å². The van der Waals surface area contributed by atoms with Crippen LogP contribution in [-0.4, -0.2) is 18.1 Å². The van der Waals surface area contributed by atoms with Crippen molar-refractivity contribution in [3.8, 4) is 0 Å². The van der Waals surface area contributed by atoms with Crippen LogP contribution in [0.2, 0.25) is 0 Å². The molecular formula is C15H23NO2. The summed E-state index contributed by atoms with van der Waals surface area (Å²) in [4.78, 5) is 11.8. The number of hydrogen-bond acceptors (Lipinski definition) is 2. The summed E-state index contributed by atoms with van der Waals surface area (Å²) < 4.78 is 5.51. The summed E-state index contributed by atoms with van der Waals surface area (Å²) in [7, 11) is 0. The maximum Gasteiger partial charge on any atom is 0.251 e. The van der Waals surface area contributed by atoms with Gasteiger partial charge in [0.2, 0.25) is 0 Å². The van der Waals surface area contributed by atoms with Crippen molar-refractivity contribution in [3.05, 3.63) is 35.4 Å². The smallest absolute Gasteiger partial charge is 0.251 e. The van der Waals surface area contributed by atoms with E-state index in [1.54, 1.807) is 0 Å². The van der Waals surface area contributed by atoms with Crippen LogP contribution in [0, 0.1) is 0 Å². The Hall–Kier alpha value is -1.35. The SMILES string of the molecule is CCC(C)NC(=O)c1ccc(COC(C)C)cc1. The first kappa shape index (κ1) is 14.7. The number of amides is 1. The molecule has 1 aromatic rings. The van der Waals surface area contributed by atoms with Crippen molar-refractivity contribution >= 4 is 5.91 Å². The van der Waals surface area contributed by atoms with Crippen LogP contribution in [0.5, 0.6) is 0 Å². The van der Waals surface area contributed by atoms with Gasteiger partial charge in [0.25, 0.3) is 5.91 Å². The molecule has 1 aromatic carbocycles. The molecule has 0 saturated carbocycles. The first-order valence-electron chi connectivity index (χ1n) is 6.54. The average Bonchev–Trinajstić information content (AvgIpc) is 2.36. The molecule has 0 aromatic heterocycles. The fraction of sp³-hybridized carbons (Fsp3) is 0.533. The lowest BCUT2D eigenvalue weighted by Gasteiger charge is -2.12. The Balaban J connectivity index is 2.56. The Morgan fingerprint density at radius 3 is 2.33 bits per heavy atom. The number of carbonyl (C=O) groups excluding carboxylic acids is 1. The highest BCUT2D eigenvalue weighted by atomic mass is 16.5. The summed E-state index contributed by atoms with van der Waals surface area (Å²) in [5.74, 6) is -0.0133. The van der Waals surface area contributed by atoms with Gasteiger partial charge in [0.15, 0.2) is 0 Å². The third kappa shape index (κ3) is 4.88. The van der Waals surface area contributed by atoms with Gasteiger partial charge in [-0.15, -0.1) is 0 Å². The van der Waals surface area contributed by atoms with Crippen LogP contribution in [0.1, 0.15) is 50.0 Å². The van der Waals surface area contributed by atoms with Crippen molar-refractivity contribution in [1.82, 2.24) is 5.32 Å². The van der Waals surface area contributed by atoms with Gasteiger partial charge in [-0.3, -0.25) is 4.79 Å². The topological polar surface area (TPSA) is 38.3 Å². The fourth-order valence-electron chi connectivity index (χ4n) is 1.42. The van der Waals surface area contributed by atoms with Gasteiger partial charge in [0, 0.05) is 11.6 Å². The second-order valence-corrected chi connectivity index (χ2v) is 4.84. The maximum atomic E-state index is 11.8. The minimum Gasteiger partial charge on any atom is -0.374 e. The Morgan fingerprint density at radius 1 is 1.22 bits per heavy atom. The van der Waals surface area contributed by atoms with Crippen LogP contribution < -0.4 is 5.32 Å². The summed E-state index contributed by atoms with van der Waals surface area (Å²) in [5.41, 5.74) is 1.78. The second-order valence-electron chi connectivity index (χ2n) is 4.84. The van der Waals surface area contributed by atoms with Crippen LogP contribution in [0.4, 0.5) is 0 Å². The lowest BCUT2D eigenvalue weighted by Crippen LogP contribution is -2.31. The van der Waals surface area contributed by atoms with Crippen LogP contribution in [-0.2, 0) is 11.3 Å². The van der Waals surface area contributed by atoms with E-state index in [2.05, 4.69) is 12.2 Å². The average molecular weight is 249 g/mol.